The fourth-order valence-electron chi connectivity index (χ4n) is 3.66. The summed E-state index contributed by atoms with van der Waals surface area (Å²) >= 11 is 0. The molecule has 1 atom stereocenters. The molecule has 0 saturated heterocycles. The molecule has 3 rings (SSSR count). The molecule has 0 spiro atoms. The van der Waals surface area contributed by atoms with Crippen LogP contribution < -0.4 is 14.8 Å². The largest absolute Gasteiger partial charge is 0.694 e. The molecule has 1 heterocycles. The van der Waals surface area contributed by atoms with Gasteiger partial charge in [-0.25, -0.2) is 0 Å². The first-order valence-corrected chi connectivity index (χ1v) is 13.1. The third kappa shape index (κ3) is 8.78. The molecular weight excluding hydrogens is 479 g/mol. The van der Waals surface area contributed by atoms with Crippen LogP contribution in [0.4, 0.5) is 0 Å². The molecule has 0 saturated carbocycles. The average Bonchev–Trinajstić information content (AvgIpc) is 3.39. The van der Waals surface area contributed by atoms with E-state index >= 15 is 0 Å². The zero-order valence-electron chi connectivity index (χ0n) is 20.6. The molecule has 0 aliphatic heterocycles. The standard InChI is InChI=1S/C27H31N2O6P/c1-20(2)35-26-8-6-21(15-24(26)17-28)5-3-12-33-27-9-7-22(16-25(27)23-10-14-32-19-23)18-29-11-4-13-34-36(30)31/h6-10,14-16,19-20,29H,3-5,11-13,18H2,1-2H3/p+1. The van der Waals surface area contributed by atoms with Crippen LogP contribution in [0.5, 0.6) is 11.5 Å². The molecule has 2 N–H and O–H groups in total. The summed E-state index contributed by atoms with van der Waals surface area (Å²) in [6.45, 7) is 5.96. The highest BCUT2D eigenvalue weighted by molar-refractivity contribution is 7.32. The Morgan fingerprint density at radius 1 is 1.08 bits per heavy atom. The number of nitrogens with one attached hydrogen (secondary N) is 1. The maximum Gasteiger partial charge on any atom is 0.694 e. The van der Waals surface area contributed by atoms with E-state index < -0.39 is 8.25 Å². The van der Waals surface area contributed by atoms with Gasteiger partial charge in [0.05, 0.1) is 30.8 Å². The van der Waals surface area contributed by atoms with Crippen LogP contribution in [0.2, 0.25) is 0 Å². The summed E-state index contributed by atoms with van der Waals surface area (Å²) in [6.07, 6.45) is 5.56. The van der Waals surface area contributed by atoms with Crippen LogP contribution in [0.3, 0.4) is 0 Å². The summed E-state index contributed by atoms with van der Waals surface area (Å²) in [4.78, 5) is 8.66. The van der Waals surface area contributed by atoms with Crippen LogP contribution in [-0.2, 0) is 22.1 Å². The van der Waals surface area contributed by atoms with Crippen LogP contribution >= 0.6 is 8.25 Å². The fraction of sp³-hybridized carbons (Fsp3) is 0.370. The van der Waals surface area contributed by atoms with E-state index in [2.05, 4.69) is 22.0 Å². The molecule has 0 aliphatic carbocycles. The summed E-state index contributed by atoms with van der Waals surface area (Å²) in [5.41, 5.74) is 4.58. The van der Waals surface area contributed by atoms with Gasteiger partial charge in [0.2, 0.25) is 0 Å². The number of rotatable bonds is 15. The average molecular weight is 512 g/mol. The van der Waals surface area contributed by atoms with Crippen LogP contribution in [-0.4, -0.2) is 30.8 Å². The van der Waals surface area contributed by atoms with Crippen molar-refractivity contribution in [2.24, 2.45) is 0 Å². The van der Waals surface area contributed by atoms with Gasteiger partial charge >= 0.3 is 8.25 Å². The Labute approximate surface area is 212 Å². The third-order valence-electron chi connectivity index (χ3n) is 5.30. The second-order valence-electron chi connectivity index (χ2n) is 8.50. The highest BCUT2D eigenvalue weighted by atomic mass is 31.1. The van der Waals surface area contributed by atoms with E-state index in [9.17, 15) is 9.83 Å². The van der Waals surface area contributed by atoms with Gasteiger partial charge in [-0.1, -0.05) is 12.1 Å². The number of nitriles is 1. The van der Waals surface area contributed by atoms with Crippen molar-refractivity contribution in [3.8, 4) is 28.7 Å². The lowest BCUT2D eigenvalue weighted by Gasteiger charge is -2.14. The molecular formula is C27H32N2O6P+. The Bertz CT molecular complexity index is 1160. The van der Waals surface area contributed by atoms with Crippen molar-refractivity contribution >= 4 is 8.25 Å². The number of ether oxygens (including phenoxy) is 2. The minimum Gasteiger partial charge on any atom is -0.493 e. The molecule has 0 fully saturated rings. The van der Waals surface area contributed by atoms with Crippen molar-refractivity contribution < 1.29 is 27.9 Å². The van der Waals surface area contributed by atoms with E-state index in [1.807, 2.05) is 50.2 Å². The number of benzene rings is 2. The Morgan fingerprint density at radius 2 is 1.89 bits per heavy atom. The second kappa shape index (κ2) is 14.4. The summed E-state index contributed by atoms with van der Waals surface area (Å²) in [7, 11) is -2.54. The Morgan fingerprint density at radius 3 is 2.61 bits per heavy atom. The van der Waals surface area contributed by atoms with Crippen LogP contribution in [0, 0.1) is 11.3 Å². The number of furan rings is 1. The van der Waals surface area contributed by atoms with Crippen molar-refractivity contribution in [3.05, 3.63) is 71.7 Å². The minimum absolute atomic E-state index is 0.0165. The predicted octanol–water partition coefficient (Wildman–Crippen LogP) is 5.76. The van der Waals surface area contributed by atoms with Gasteiger partial charge in [0.15, 0.2) is 0 Å². The SMILES string of the molecule is CC(C)Oc1ccc(CCCOc2ccc(CNCCCO[P+](=O)O)cc2-c2ccoc2)cc1C#N. The molecule has 1 aromatic heterocycles. The molecule has 8 nitrogen and oxygen atoms in total. The van der Waals surface area contributed by atoms with Gasteiger partial charge in [-0.15, -0.1) is 9.42 Å². The zero-order chi connectivity index (χ0) is 25.8. The van der Waals surface area contributed by atoms with Crippen LogP contribution in [0.15, 0.2) is 59.4 Å². The molecule has 3 aromatic rings. The van der Waals surface area contributed by atoms with E-state index in [0.717, 1.165) is 40.8 Å². The predicted molar refractivity (Wildman–Crippen MR) is 137 cm³/mol. The minimum atomic E-state index is -2.54. The van der Waals surface area contributed by atoms with E-state index in [-0.39, 0.29) is 12.7 Å². The Hall–Kier alpha value is -3.21. The molecule has 0 bridgehead atoms. The molecule has 2 aromatic carbocycles. The van der Waals surface area contributed by atoms with Gasteiger partial charge < -0.3 is 19.2 Å². The topological polar surface area (TPSA) is 114 Å². The zero-order valence-corrected chi connectivity index (χ0v) is 21.5. The quantitative estimate of drug-likeness (QED) is 0.195. The van der Waals surface area contributed by atoms with Gasteiger partial charge in [0.25, 0.3) is 0 Å². The smallest absolute Gasteiger partial charge is 0.493 e. The molecule has 0 amide bonds. The van der Waals surface area contributed by atoms with Gasteiger partial charge in [-0.3, -0.25) is 0 Å². The Balaban J connectivity index is 1.55. The van der Waals surface area contributed by atoms with E-state index in [4.69, 9.17) is 18.8 Å². The van der Waals surface area contributed by atoms with Crippen LogP contribution in [0.25, 0.3) is 11.1 Å². The van der Waals surface area contributed by atoms with E-state index in [1.165, 1.54) is 0 Å². The molecule has 9 heteroatoms. The van der Waals surface area contributed by atoms with Gasteiger partial charge in [-0.2, -0.15) is 5.26 Å². The van der Waals surface area contributed by atoms with E-state index in [0.29, 0.717) is 37.4 Å². The lowest BCUT2D eigenvalue weighted by molar-refractivity contribution is 0.241. The summed E-state index contributed by atoms with van der Waals surface area (Å²) < 4.78 is 32.3. The molecule has 0 aliphatic rings. The van der Waals surface area contributed by atoms with Crippen molar-refractivity contribution in [2.45, 2.75) is 45.8 Å². The molecule has 0 radical (unpaired) electrons. The Kier molecular flexibility index (Phi) is 10.9. The van der Waals surface area contributed by atoms with Gasteiger partial charge in [0, 0.05) is 22.2 Å². The normalized spacial score (nSPS) is 11.4. The first kappa shape index (κ1) is 27.4. The number of nitrogens with zero attached hydrogens (tertiary/aromatic N) is 1. The second-order valence-corrected chi connectivity index (χ2v) is 9.24. The fourth-order valence-corrected chi connectivity index (χ4v) is 3.95. The highest BCUT2D eigenvalue weighted by Crippen LogP contribution is 2.32. The lowest BCUT2D eigenvalue weighted by Crippen LogP contribution is -2.16. The van der Waals surface area contributed by atoms with Gasteiger partial charge in [0.1, 0.15) is 24.2 Å². The molecule has 1 unspecified atom stereocenters. The van der Waals surface area contributed by atoms with Gasteiger partial charge in [-0.05, 0) is 81.1 Å². The lowest BCUT2D eigenvalue weighted by atomic mass is 10.0. The molecule has 36 heavy (non-hydrogen) atoms. The van der Waals surface area contributed by atoms with Crippen molar-refractivity contribution in [2.75, 3.05) is 19.8 Å². The first-order chi connectivity index (χ1) is 17.5. The van der Waals surface area contributed by atoms with E-state index in [1.54, 1.807) is 12.5 Å². The molecule has 190 valence electrons. The van der Waals surface area contributed by atoms with Crippen LogP contribution in [0.1, 0.15) is 43.4 Å². The third-order valence-corrected chi connectivity index (χ3v) is 5.70. The summed E-state index contributed by atoms with van der Waals surface area (Å²) in [6, 6.07) is 15.9. The van der Waals surface area contributed by atoms with Crippen molar-refractivity contribution in [1.29, 1.82) is 5.26 Å². The maximum absolute atomic E-state index is 10.5. The van der Waals surface area contributed by atoms with Crippen molar-refractivity contribution in [1.82, 2.24) is 5.32 Å². The maximum atomic E-state index is 10.5. The number of hydrogen-bond acceptors (Lipinski definition) is 7. The van der Waals surface area contributed by atoms with Crippen molar-refractivity contribution in [3.63, 3.8) is 0 Å². The first-order valence-electron chi connectivity index (χ1n) is 11.9. The number of hydrogen-bond donors (Lipinski definition) is 2. The summed E-state index contributed by atoms with van der Waals surface area (Å²) in [5, 5.41) is 12.7. The summed E-state index contributed by atoms with van der Waals surface area (Å²) in [5.74, 6) is 1.39. The number of aryl methyl sites for hydroxylation is 1. The monoisotopic (exact) mass is 511 g/mol. The highest BCUT2D eigenvalue weighted by Gasteiger charge is 2.12.